The van der Waals surface area contributed by atoms with E-state index in [4.69, 9.17) is 11.0 Å². The van der Waals surface area contributed by atoms with Crippen molar-refractivity contribution in [2.24, 2.45) is 5.73 Å². The third-order valence-corrected chi connectivity index (χ3v) is 1.77. The van der Waals surface area contributed by atoms with Crippen LogP contribution < -0.4 is 5.73 Å². The molecule has 0 heterocycles. The van der Waals surface area contributed by atoms with Crippen LogP contribution in [0.4, 0.5) is 4.39 Å². The van der Waals surface area contributed by atoms with Crippen molar-refractivity contribution in [2.45, 2.75) is 13.3 Å². The average Bonchev–Trinajstić information content (AvgIpc) is 2.14. The zero-order valence-corrected chi connectivity index (χ0v) is 6.76. The van der Waals surface area contributed by atoms with Gasteiger partial charge in [0.15, 0.2) is 0 Å². The molecule has 1 rings (SSSR count). The number of nitrogens with two attached hydrogens (primary N) is 1. The molecule has 2 nitrogen and oxygen atoms in total. The van der Waals surface area contributed by atoms with Gasteiger partial charge in [-0.1, -0.05) is 6.08 Å². The van der Waals surface area contributed by atoms with Crippen molar-refractivity contribution in [3.05, 3.63) is 34.8 Å². The van der Waals surface area contributed by atoms with Gasteiger partial charge in [-0.25, -0.2) is 4.39 Å². The first-order valence-corrected chi connectivity index (χ1v) is 3.59. The van der Waals surface area contributed by atoms with Gasteiger partial charge in [0, 0.05) is 17.7 Å². The minimum atomic E-state index is -0.382. The van der Waals surface area contributed by atoms with Crippen LogP contribution in [0.25, 0.3) is 0 Å². The van der Waals surface area contributed by atoms with E-state index in [9.17, 15) is 4.39 Å². The number of nitriles is 1. The summed E-state index contributed by atoms with van der Waals surface area (Å²) in [6.45, 7) is 1.55. The molecule has 12 heavy (non-hydrogen) atoms. The number of rotatable bonds is 0. The smallest absolute Gasteiger partial charge is 0.127 e. The molecule has 0 radical (unpaired) electrons. The van der Waals surface area contributed by atoms with E-state index in [0.717, 1.165) is 0 Å². The Morgan fingerprint density at radius 3 is 2.92 bits per heavy atom. The minimum absolute atomic E-state index is 0.262. The fourth-order valence-electron chi connectivity index (χ4n) is 1.03. The Balaban J connectivity index is 3.26. The highest BCUT2D eigenvalue weighted by Crippen LogP contribution is 2.22. The average molecular weight is 164 g/mol. The lowest BCUT2D eigenvalue weighted by molar-refractivity contribution is 0.657. The summed E-state index contributed by atoms with van der Waals surface area (Å²) in [4.78, 5) is 0. The highest BCUT2D eigenvalue weighted by molar-refractivity contribution is 5.49. The van der Waals surface area contributed by atoms with Crippen LogP contribution >= 0.6 is 0 Å². The first-order valence-electron chi connectivity index (χ1n) is 3.59. The molecule has 0 atom stereocenters. The van der Waals surface area contributed by atoms with Gasteiger partial charge in [-0.05, 0) is 13.0 Å². The summed E-state index contributed by atoms with van der Waals surface area (Å²) >= 11 is 0. The van der Waals surface area contributed by atoms with Crippen molar-refractivity contribution in [1.82, 2.24) is 0 Å². The summed E-state index contributed by atoms with van der Waals surface area (Å²) in [5.41, 5.74) is 6.56. The Labute approximate surface area is 70.5 Å². The van der Waals surface area contributed by atoms with E-state index < -0.39 is 0 Å². The molecule has 0 spiro atoms. The molecule has 0 aromatic rings. The minimum Gasteiger partial charge on any atom is -0.401 e. The van der Waals surface area contributed by atoms with Gasteiger partial charge in [-0.2, -0.15) is 5.26 Å². The Morgan fingerprint density at radius 2 is 2.33 bits per heavy atom. The predicted octanol–water partition coefficient (Wildman–Crippen LogP) is 1.93. The van der Waals surface area contributed by atoms with E-state index in [1.54, 1.807) is 13.0 Å². The lowest BCUT2D eigenvalue weighted by Gasteiger charge is -2.00. The van der Waals surface area contributed by atoms with E-state index in [2.05, 4.69) is 0 Å². The highest BCUT2D eigenvalue weighted by atomic mass is 19.1. The van der Waals surface area contributed by atoms with Crippen LogP contribution in [0.5, 0.6) is 0 Å². The van der Waals surface area contributed by atoms with Crippen LogP contribution in [-0.4, -0.2) is 0 Å². The molecule has 0 aliphatic heterocycles. The molecule has 0 aromatic carbocycles. The van der Waals surface area contributed by atoms with Crippen molar-refractivity contribution in [3.8, 4) is 6.07 Å². The van der Waals surface area contributed by atoms with Crippen molar-refractivity contribution in [3.63, 3.8) is 0 Å². The molecule has 0 fully saturated rings. The quantitative estimate of drug-likeness (QED) is 0.594. The van der Waals surface area contributed by atoms with Crippen molar-refractivity contribution < 1.29 is 4.39 Å². The molecular weight excluding hydrogens is 155 g/mol. The Morgan fingerprint density at radius 1 is 1.67 bits per heavy atom. The van der Waals surface area contributed by atoms with E-state index in [1.165, 1.54) is 6.08 Å². The zero-order valence-electron chi connectivity index (χ0n) is 6.76. The second-order valence-electron chi connectivity index (χ2n) is 2.59. The first kappa shape index (κ1) is 8.54. The maximum absolute atomic E-state index is 13.0. The summed E-state index contributed by atoms with van der Waals surface area (Å²) < 4.78 is 13.0. The molecule has 0 saturated heterocycles. The van der Waals surface area contributed by atoms with Crippen LogP contribution in [0.1, 0.15) is 13.3 Å². The third kappa shape index (κ3) is 1.37. The molecule has 62 valence electrons. The van der Waals surface area contributed by atoms with Crippen molar-refractivity contribution >= 4 is 0 Å². The van der Waals surface area contributed by atoms with Gasteiger partial charge in [-0.15, -0.1) is 0 Å². The summed E-state index contributed by atoms with van der Waals surface area (Å²) in [7, 11) is 0. The summed E-state index contributed by atoms with van der Waals surface area (Å²) in [5, 5.41) is 8.66. The maximum atomic E-state index is 13.0. The van der Waals surface area contributed by atoms with Crippen LogP contribution in [-0.2, 0) is 0 Å². The third-order valence-electron chi connectivity index (χ3n) is 1.77. The molecule has 3 heteroatoms. The van der Waals surface area contributed by atoms with Crippen molar-refractivity contribution in [1.29, 1.82) is 5.26 Å². The standard InChI is InChI=1S/C9H9FN2/c1-6-7(5-11)9(12)4-2-3-8(6)10/h2-3H,4,12H2,1H3. The molecular formula is C9H9FN2. The molecule has 0 amide bonds. The van der Waals surface area contributed by atoms with Gasteiger partial charge in [-0.3, -0.25) is 0 Å². The number of nitrogens with zero attached hydrogens (tertiary/aromatic N) is 1. The highest BCUT2D eigenvalue weighted by Gasteiger charge is 2.11. The predicted molar refractivity (Wildman–Crippen MR) is 44.4 cm³/mol. The Kier molecular flexibility index (Phi) is 2.29. The van der Waals surface area contributed by atoms with E-state index in [1.807, 2.05) is 6.07 Å². The fourth-order valence-corrected chi connectivity index (χ4v) is 1.03. The van der Waals surface area contributed by atoms with E-state index in [0.29, 0.717) is 17.7 Å². The Bertz CT molecular complexity index is 329. The maximum Gasteiger partial charge on any atom is 0.127 e. The molecule has 0 unspecified atom stereocenters. The number of hydrogen-bond donors (Lipinski definition) is 1. The molecule has 2 N–H and O–H groups in total. The lowest BCUT2D eigenvalue weighted by atomic mass is 10.1. The molecule has 0 bridgehead atoms. The van der Waals surface area contributed by atoms with Crippen LogP contribution in [0.3, 0.4) is 0 Å². The summed E-state index contributed by atoms with van der Waals surface area (Å²) in [6.07, 6.45) is 3.39. The number of halogens is 1. The second kappa shape index (κ2) is 3.22. The fraction of sp³-hybridized carbons (Fsp3) is 0.222. The molecule has 0 saturated carbocycles. The SMILES string of the molecule is CC1=C(F)C=CCC(N)=C1C#N. The molecule has 1 aliphatic rings. The number of allylic oxidation sites excluding steroid dienone is 5. The molecule has 0 aromatic heterocycles. The molecule has 1 aliphatic carbocycles. The Hall–Kier alpha value is -1.56. The van der Waals surface area contributed by atoms with Gasteiger partial charge in [0.25, 0.3) is 0 Å². The topological polar surface area (TPSA) is 49.8 Å². The normalized spacial score (nSPS) is 17.8. The van der Waals surface area contributed by atoms with Crippen LogP contribution in [0.2, 0.25) is 0 Å². The zero-order chi connectivity index (χ0) is 9.14. The van der Waals surface area contributed by atoms with Gasteiger partial charge < -0.3 is 5.73 Å². The van der Waals surface area contributed by atoms with Gasteiger partial charge >= 0.3 is 0 Å². The van der Waals surface area contributed by atoms with Gasteiger partial charge in [0.05, 0.1) is 5.57 Å². The monoisotopic (exact) mass is 164 g/mol. The van der Waals surface area contributed by atoms with Gasteiger partial charge in [0.2, 0.25) is 0 Å². The lowest BCUT2D eigenvalue weighted by Crippen LogP contribution is -2.00. The summed E-state index contributed by atoms with van der Waals surface area (Å²) in [6, 6.07) is 1.89. The largest absolute Gasteiger partial charge is 0.401 e. The van der Waals surface area contributed by atoms with E-state index >= 15 is 0 Å². The van der Waals surface area contributed by atoms with Crippen LogP contribution in [0, 0.1) is 11.3 Å². The first-order chi connectivity index (χ1) is 5.66. The second-order valence-corrected chi connectivity index (χ2v) is 2.59. The van der Waals surface area contributed by atoms with Crippen molar-refractivity contribution in [2.75, 3.05) is 0 Å². The van der Waals surface area contributed by atoms with Crippen LogP contribution in [0.15, 0.2) is 34.8 Å². The number of hydrogen-bond acceptors (Lipinski definition) is 2. The van der Waals surface area contributed by atoms with E-state index in [-0.39, 0.29) is 11.4 Å². The van der Waals surface area contributed by atoms with Gasteiger partial charge in [0.1, 0.15) is 11.9 Å². The summed E-state index contributed by atoms with van der Waals surface area (Å²) in [5.74, 6) is -0.382.